The molecule has 0 amide bonds. The first kappa shape index (κ1) is 17.0. The number of hydrogen-bond donors (Lipinski definition) is 2. The van der Waals surface area contributed by atoms with Crippen LogP contribution in [0, 0.1) is 0 Å². The Balaban J connectivity index is 2.17. The van der Waals surface area contributed by atoms with Gasteiger partial charge < -0.3 is 24.9 Å². The Bertz CT molecular complexity index is 999. The number of hydrogen-bond acceptors (Lipinski definition) is 8. The van der Waals surface area contributed by atoms with Crippen LogP contribution in [0.5, 0.6) is 17.2 Å². The molecule has 0 aromatic carbocycles. The molecule has 0 aliphatic rings. The molecule has 25 heavy (non-hydrogen) atoms. The van der Waals surface area contributed by atoms with Gasteiger partial charge in [0.25, 0.3) is 0 Å². The smallest absolute Gasteiger partial charge is 0.328 e. The predicted octanol–water partition coefficient (Wildman–Crippen LogP) is 0.933. The van der Waals surface area contributed by atoms with Crippen LogP contribution in [-0.2, 0) is 6.54 Å². The van der Waals surface area contributed by atoms with Crippen molar-refractivity contribution in [2.45, 2.75) is 6.54 Å². The summed E-state index contributed by atoms with van der Waals surface area (Å²) in [6.45, 7) is 0.0885. The molecule has 0 spiro atoms. The van der Waals surface area contributed by atoms with E-state index in [0.717, 1.165) is 0 Å². The average molecular weight is 411 g/mol. The Morgan fingerprint density at radius 1 is 1.20 bits per heavy atom. The monoisotopic (exact) mass is 410 g/mol. The van der Waals surface area contributed by atoms with Gasteiger partial charge in [0.2, 0.25) is 11.7 Å². The SMILES string of the molecule is COc1cnc(Cn2c(=O)[nH]c3c(Br)nc(N)nc32)c(OC)c1OC. The van der Waals surface area contributed by atoms with Crippen molar-refractivity contribution in [1.29, 1.82) is 0 Å². The van der Waals surface area contributed by atoms with Crippen molar-refractivity contribution in [3.8, 4) is 17.2 Å². The quantitative estimate of drug-likeness (QED) is 0.594. The number of anilines is 1. The van der Waals surface area contributed by atoms with E-state index in [9.17, 15) is 4.79 Å². The Labute approximate surface area is 150 Å². The molecule has 0 radical (unpaired) electrons. The third-order valence-corrected chi connectivity index (χ3v) is 4.14. The number of nitrogens with zero attached hydrogens (tertiary/aromatic N) is 4. The average Bonchev–Trinajstić information content (AvgIpc) is 2.90. The van der Waals surface area contributed by atoms with E-state index in [1.54, 1.807) is 0 Å². The molecule has 3 N–H and O–H groups in total. The predicted molar refractivity (Wildman–Crippen MR) is 93.3 cm³/mol. The third-order valence-electron chi connectivity index (χ3n) is 3.56. The zero-order valence-electron chi connectivity index (χ0n) is 13.7. The van der Waals surface area contributed by atoms with Gasteiger partial charge in [0, 0.05) is 0 Å². The number of pyridine rings is 1. The molecule has 0 aliphatic carbocycles. The van der Waals surface area contributed by atoms with Gasteiger partial charge in [0.15, 0.2) is 17.1 Å². The van der Waals surface area contributed by atoms with Crippen molar-refractivity contribution in [3.63, 3.8) is 0 Å². The maximum Gasteiger partial charge on any atom is 0.328 e. The highest BCUT2D eigenvalue weighted by Gasteiger charge is 2.20. The number of fused-ring (bicyclic) bond motifs is 1. The van der Waals surface area contributed by atoms with Gasteiger partial charge in [-0.05, 0) is 15.9 Å². The molecule has 0 unspecified atom stereocenters. The van der Waals surface area contributed by atoms with Crippen LogP contribution in [0.25, 0.3) is 11.2 Å². The number of methoxy groups -OCH3 is 3. The third kappa shape index (κ3) is 2.86. The van der Waals surface area contributed by atoms with E-state index < -0.39 is 0 Å². The maximum absolute atomic E-state index is 12.3. The summed E-state index contributed by atoms with van der Waals surface area (Å²) in [5, 5.41) is 0. The molecule has 0 atom stereocenters. The number of nitrogen functional groups attached to an aromatic ring is 1. The number of aromatic nitrogens is 5. The lowest BCUT2D eigenvalue weighted by atomic mass is 10.2. The van der Waals surface area contributed by atoms with E-state index in [1.165, 1.54) is 32.1 Å². The summed E-state index contributed by atoms with van der Waals surface area (Å²) in [7, 11) is 4.48. The molecule has 3 heterocycles. The highest BCUT2D eigenvalue weighted by Crippen LogP contribution is 2.38. The van der Waals surface area contributed by atoms with Crippen LogP contribution < -0.4 is 25.6 Å². The molecule has 10 nitrogen and oxygen atoms in total. The van der Waals surface area contributed by atoms with E-state index in [0.29, 0.717) is 38.7 Å². The summed E-state index contributed by atoms with van der Waals surface area (Å²) >= 11 is 3.26. The van der Waals surface area contributed by atoms with Gasteiger partial charge in [0.05, 0.1) is 34.1 Å². The van der Waals surface area contributed by atoms with Crippen molar-refractivity contribution < 1.29 is 14.2 Å². The second kappa shape index (κ2) is 6.59. The van der Waals surface area contributed by atoms with E-state index in [2.05, 4.69) is 35.9 Å². The summed E-state index contributed by atoms with van der Waals surface area (Å²) in [6.07, 6.45) is 1.50. The van der Waals surface area contributed by atoms with Crippen molar-refractivity contribution in [1.82, 2.24) is 24.5 Å². The van der Waals surface area contributed by atoms with Crippen LogP contribution in [0.15, 0.2) is 15.6 Å². The minimum Gasteiger partial charge on any atom is -0.491 e. The number of rotatable bonds is 5. The molecule has 3 aromatic heterocycles. The first-order chi connectivity index (χ1) is 12.0. The summed E-state index contributed by atoms with van der Waals surface area (Å²) in [4.78, 5) is 27.4. The van der Waals surface area contributed by atoms with Gasteiger partial charge in [-0.1, -0.05) is 0 Å². The molecule has 3 aromatic rings. The molecular weight excluding hydrogens is 396 g/mol. The summed E-state index contributed by atoms with van der Waals surface area (Å²) in [5.41, 5.74) is 6.56. The van der Waals surface area contributed by atoms with Gasteiger partial charge in [0.1, 0.15) is 15.8 Å². The number of H-pyrrole nitrogens is 1. The fraction of sp³-hybridized carbons (Fsp3) is 0.286. The lowest BCUT2D eigenvalue weighted by molar-refractivity contribution is 0.318. The van der Waals surface area contributed by atoms with Crippen molar-refractivity contribution in [3.05, 3.63) is 27.0 Å². The first-order valence-electron chi connectivity index (χ1n) is 7.05. The zero-order chi connectivity index (χ0) is 18.1. The molecule has 0 aliphatic heterocycles. The fourth-order valence-electron chi connectivity index (χ4n) is 2.47. The Morgan fingerprint density at radius 3 is 2.56 bits per heavy atom. The summed E-state index contributed by atoms with van der Waals surface area (Å²) in [6, 6.07) is 0. The Morgan fingerprint density at radius 2 is 1.92 bits per heavy atom. The number of nitrogens with two attached hydrogens (primary N) is 1. The van der Waals surface area contributed by atoms with Gasteiger partial charge in [-0.3, -0.25) is 9.55 Å². The highest BCUT2D eigenvalue weighted by molar-refractivity contribution is 9.10. The first-order valence-corrected chi connectivity index (χ1v) is 7.84. The van der Waals surface area contributed by atoms with E-state index >= 15 is 0 Å². The van der Waals surface area contributed by atoms with Crippen LogP contribution in [0.2, 0.25) is 0 Å². The topological polar surface area (TPSA) is 130 Å². The fourth-order valence-corrected chi connectivity index (χ4v) is 2.92. The standard InChI is InChI=1S/C14H15BrN6O4/c1-23-7-4-17-6(9(24-2)10(7)25-3)5-21-12-8(18-14(21)22)11(15)19-13(16)20-12/h4H,5H2,1-3H3,(H,18,22)(H2,16,19,20). The van der Waals surface area contributed by atoms with Gasteiger partial charge in [-0.25, -0.2) is 9.78 Å². The molecule has 0 saturated heterocycles. The van der Waals surface area contributed by atoms with E-state index in [4.69, 9.17) is 19.9 Å². The van der Waals surface area contributed by atoms with Crippen LogP contribution in [0.4, 0.5) is 5.95 Å². The van der Waals surface area contributed by atoms with Crippen molar-refractivity contribution >= 4 is 33.0 Å². The van der Waals surface area contributed by atoms with Crippen molar-refractivity contribution in [2.24, 2.45) is 0 Å². The minimum absolute atomic E-state index is 0.0411. The van der Waals surface area contributed by atoms with Crippen LogP contribution in [-0.4, -0.2) is 45.8 Å². The van der Waals surface area contributed by atoms with Crippen LogP contribution in [0.1, 0.15) is 5.69 Å². The molecule has 11 heteroatoms. The number of nitrogens with one attached hydrogen (secondary N) is 1. The summed E-state index contributed by atoms with van der Waals surface area (Å²) < 4.78 is 17.7. The minimum atomic E-state index is -0.380. The molecule has 132 valence electrons. The largest absolute Gasteiger partial charge is 0.491 e. The second-order valence-corrected chi connectivity index (χ2v) is 5.68. The number of halogens is 1. The highest BCUT2D eigenvalue weighted by atomic mass is 79.9. The van der Waals surface area contributed by atoms with Gasteiger partial charge in [-0.2, -0.15) is 4.98 Å². The molecule has 3 rings (SSSR count). The normalized spacial score (nSPS) is 10.9. The molecular formula is C14H15BrN6O4. The second-order valence-electron chi connectivity index (χ2n) is 4.93. The zero-order valence-corrected chi connectivity index (χ0v) is 15.2. The molecule has 0 fully saturated rings. The van der Waals surface area contributed by atoms with Gasteiger partial charge >= 0.3 is 5.69 Å². The van der Waals surface area contributed by atoms with Crippen LogP contribution >= 0.6 is 15.9 Å². The molecule has 0 saturated carbocycles. The molecule has 0 bridgehead atoms. The maximum atomic E-state index is 12.3. The number of imidazole rings is 1. The van der Waals surface area contributed by atoms with E-state index in [-0.39, 0.29) is 18.2 Å². The van der Waals surface area contributed by atoms with E-state index in [1.807, 2.05) is 0 Å². The van der Waals surface area contributed by atoms with Crippen LogP contribution in [0.3, 0.4) is 0 Å². The number of aromatic amines is 1. The Kier molecular flexibility index (Phi) is 4.49. The Hall–Kier alpha value is -2.82. The van der Waals surface area contributed by atoms with Gasteiger partial charge in [-0.15, -0.1) is 0 Å². The summed E-state index contributed by atoms with van der Waals surface area (Å²) in [5.74, 6) is 1.21. The lowest BCUT2D eigenvalue weighted by Gasteiger charge is -2.15. The lowest BCUT2D eigenvalue weighted by Crippen LogP contribution is -2.19. The number of ether oxygens (including phenoxy) is 3. The van der Waals surface area contributed by atoms with Crippen molar-refractivity contribution in [2.75, 3.05) is 27.1 Å².